The Bertz CT molecular complexity index is 544. The van der Waals surface area contributed by atoms with Crippen LogP contribution in [0.1, 0.15) is 67.9 Å². The van der Waals surface area contributed by atoms with Gasteiger partial charge in [0.05, 0.1) is 5.56 Å². The molecule has 0 aliphatic heterocycles. The van der Waals surface area contributed by atoms with E-state index in [4.69, 9.17) is 0 Å². The molecule has 1 aromatic carbocycles. The first-order chi connectivity index (χ1) is 9.65. The van der Waals surface area contributed by atoms with E-state index in [0.29, 0.717) is 18.0 Å². The molecule has 0 spiro atoms. The number of amides is 1. The van der Waals surface area contributed by atoms with Gasteiger partial charge in [-0.3, -0.25) is 4.79 Å². The van der Waals surface area contributed by atoms with Gasteiger partial charge in [0.2, 0.25) is 0 Å². The Morgan fingerprint density at radius 3 is 2.24 bits per heavy atom. The Hall–Kier alpha value is -1.77. The molecule has 0 fully saturated rings. The van der Waals surface area contributed by atoms with Gasteiger partial charge in [0.25, 0.3) is 5.91 Å². The first-order valence-corrected chi connectivity index (χ1v) is 7.41. The fourth-order valence-electron chi connectivity index (χ4n) is 2.30. The van der Waals surface area contributed by atoms with E-state index in [2.05, 4.69) is 20.4 Å². The summed E-state index contributed by atoms with van der Waals surface area (Å²) in [6.45, 7) is 14.4. The molecule has 0 aromatic heterocycles. The number of hydrogen-bond donors (Lipinski definition) is 1. The highest BCUT2D eigenvalue weighted by Crippen LogP contribution is 2.33. The molecule has 0 aliphatic carbocycles. The molecule has 21 heavy (non-hydrogen) atoms. The lowest BCUT2D eigenvalue weighted by Gasteiger charge is -2.21. The molecule has 1 rings (SSSR count). The highest BCUT2D eigenvalue weighted by Gasteiger charge is 2.21. The SMILES string of the molecule is C=C(C)CN(C)C(=O)c1cc(C(C)C)cc(C(C)C)c1O. The van der Waals surface area contributed by atoms with Gasteiger partial charge in [0.15, 0.2) is 0 Å². The summed E-state index contributed by atoms with van der Waals surface area (Å²) >= 11 is 0. The molecule has 3 nitrogen and oxygen atoms in total. The molecule has 0 saturated carbocycles. The summed E-state index contributed by atoms with van der Waals surface area (Å²) in [5.41, 5.74) is 3.19. The summed E-state index contributed by atoms with van der Waals surface area (Å²) < 4.78 is 0. The van der Waals surface area contributed by atoms with Crippen LogP contribution in [0, 0.1) is 0 Å². The Kier molecular flexibility index (Phi) is 5.59. The summed E-state index contributed by atoms with van der Waals surface area (Å²) in [5.74, 6) is 0.413. The second kappa shape index (κ2) is 6.79. The van der Waals surface area contributed by atoms with Crippen molar-refractivity contribution in [3.8, 4) is 5.75 Å². The molecule has 1 N–H and O–H groups in total. The third-order valence-electron chi connectivity index (χ3n) is 3.53. The van der Waals surface area contributed by atoms with E-state index in [-0.39, 0.29) is 17.6 Å². The van der Waals surface area contributed by atoms with Crippen LogP contribution >= 0.6 is 0 Å². The first-order valence-electron chi connectivity index (χ1n) is 7.41. The average Bonchev–Trinajstić information content (AvgIpc) is 2.36. The Balaban J connectivity index is 3.33. The van der Waals surface area contributed by atoms with Crippen molar-refractivity contribution in [3.05, 3.63) is 41.0 Å². The molecule has 0 heterocycles. The number of likely N-dealkylation sites (N-methyl/N-ethyl adjacent to an activating group) is 1. The van der Waals surface area contributed by atoms with Crippen LogP contribution < -0.4 is 0 Å². The van der Waals surface area contributed by atoms with Crippen LogP contribution in [0.15, 0.2) is 24.3 Å². The minimum atomic E-state index is -0.167. The van der Waals surface area contributed by atoms with Gasteiger partial charge >= 0.3 is 0 Å². The van der Waals surface area contributed by atoms with Gasteiger partial charge in [-0.05, 0) is 36.0 Å². The summed E-state index contributed by atoms with van der Waals surface area (Å²) in [5, 5.41) is 10.4. The van der Waals surface area contributed by atoms with Crippen LogP contribution in [0.3, 0.4) is 0 Å². The van der Waals surface area contributed by atoms with E-state index >= 15 is 0 Å². The average molecular weight is 289 g/mol. The molecule has 1 aromatic rings. The second-order valence-electron chi connectivity index (χ2n) is 6.43. The van der Waals surface area contributed by atoms with Gasteiger partial charge in [0.1, 0.15) is 5.75 Å². The number of carbonyl (C=O) groups is 1. The van der Waals surface area contributed by atoms with Gasteiger partial charge in [-0.15, -0.1) is 0 Å². The number of nitrogens with zero attached hydrogens (tertiary/aromatic N) is 1. The van der Waals surface area contributed by atoms with Crippen molar-refractivity contribution in [1.29, 1.82) is 0 Å². The van der Waals surface area contributed by atoms with Crippen LogP contribution in [-0.4, -0.2) is 29.5 Å². The lowest BCUT2D eigenvalue weighted by Crippen LogP contribution is -2.28. The zero-order valence-electron chi connectivity index (χ0n) is 14.0. The molecular formula is C18H27NO2. The number of aromatic hydroxyl groups is 1. The lowest BCUT2D eigenvalue weighted by atomic mass is 9.91. The quantitative estimate of drug-likeness (QED) is 0.822. The van der Waals surface area contributed by atoms with E-state index in [0.717, 1.165) is 16.7 Å². The Labute approximate surface area is 128 Å². The summed E-state index contributed by atoms with van der Waals surface area (Å²) in [6.07, 6.45) is 0. The normalized spacial score (nSPS) is 11.0. The van der Waals surface area contributed by atoms with Crippen LogP contribution in [0.25, 0.3) is 0 Å². The van der Waals surface area contributed by atoms with Gasteiger partial charge in [0, 0.05) is 13.6 Å². The summed E-state index contributed by atoms with van der Waals surface area (Å²) in [4.78, 5) is 14.2. The van der Waals surface area contributed by atoms with E-state index in [1.807, 2.05) is 32.9 Å². The highest BCUT2D eigenvalue weighted by atomic mass is 16.3. The second-order valence-corrected chi connectivity index (χ2v) is 6.43. The molecule has 1 amide bonds. The smallest absolute Gasteiger partial charge is 0.257 e. The fraction of sp³-hybridized carbons (Fsp3) is 0.500. The number of carbonyl (C=O) groups excluding carboxylic acids is 1. The first kappa shape index (κ1) is 17.3. The monoisotopic (exact) mass is 289 g/mol. The predicted octanol–water partition coefficient (Wildman–Crippen LogP) is 4.29. The van der Waals surface area contributed by atoms with Crippen LogP contribution in [-0.2, 0) is 0 Å². The van der Waals surface area contributed by atoms with E-state index < -0.39 is 0 Å². The van der Waals surface area contributed by atoms with Gasteiger partial charge in [-0.2, -0.15) is 0 Å². The Morgan fingerprint density at radius 1 is 1.24 bits per heavy atom. The van der Waals surface area contributed by atoms with Crippen LogP contribution in [0.5, 0.6) is 5.75 Å². The molecular weight excluding hydrogens is 262 g/mol. The fourth-order valence-corrected chi connectivity index (χ4v) is 2.30. The number of phenolic OH excluding ortho intramolecular Hbond substituents is 1. The minimum absolute atomic E-state index is 0.105. The van der Waals surface area contributed by atoms with Crippen LogP contribution in [0.4, 0.5) is 0 Å². The van der Waals surface area contributed by atoms with E-state index in [1.165, 1.54) is 0 Å². The summed E-state index contributed by atoms with van der Waals surface area (Å²) in [7, 11) is 1.73. The van der Waals surface area contributed by atoms with Crippen molar-refractivity contribution in [1.82, 2.24) is 4.90 Å². The lowest BCUT2D eigenvalue weighted by molar-refractivity contribution is 0.0803. The zero-order chi connectivity index (χ0) is 16.3. The molecule has 3 heteroatoms. The number of rotatable bonds is 5. The van der Waals surface area contributed by atoms with Crippen molar-refractivity contribution in [2.45, 2.75) is 46.5 Å². The maximum atomic E-state index is 12.6. The molecule has 0 bridgehead atoms. The van der Waals surface area contributed by atoms with Gasteiger partial charge in [-0.25, -0.2) is 0 Å². The van der Waals surface area contributed by atoms with Crippen molar-refractivity contribution < 1.29 is 9.90 Å². The molecule has 0 aliphatic rings. The molecule has 0 radical (unpaired) electrons. The summed E-state index contributed by atoms with van der Waals surface area (Å²) in [6, 6.07) is 3.81. The number of phenols is 1. The third-order valence-corrected chi connectivity index (χ3v) is 3.53. The van der Waals surface area contributed by atoms with Crippen molar-refractivity contribution in [3.63, 3.8) is 0 Å². The molecule has 116 valence electrons. The van der Waals surface area contributed by atoms with Gasteiger partial charge < -0.3 is 10.0 Å². The third kappa shape index (κ3) is 4.10. The standard InChI is InChI=1S/C18H27NO2/c1-11(2)10-19(7)18(21)16-9-14(12(3)4)8-15(13(5)6)17(16)20/h8-9,12-13,20H,1,10H2,2-7H3. The zero-order valence-corrected chi connectivity index (χ0v) is 14.0. The van der Waals surface area contributed by atoms with Gasteiger partial charge in [-0.1, -0.05) is 45.9 Å². The van der Waals surface area contributed by atoms with Crippen molar-refractivity contribution in [2.24, 2.45) is 0 Å². The topological polar surface area (TPSA) is 40.5 Å². The maximum absolute atomic E-state index is 12.6. The minimum Gasteiger partial charge on any atom is -0.507 e. The van der Waals surface area contributed by atoms with E-state index in [1.54, 1.807) is 11.9 Å². The van der Waals surface area contributed by atoms with Crippen molar-refractivity contribution in [2.75, 3.05) is 13.6 Å². The Morgan fingerprint density at radius 2 is 1.81 bits per heavy atom. The largest absolute Gasteiger partial charge is 0.507 e. The molecule has 0 atom stereocenters. The predicted molar refractivity (Wildman–Crippen MR) is 88.1 cm³/mol. The van der Waals surface area contributed by atoms with Crippen LogP contribution in [0.2, 0.25) is 0 Å². The van der Waals surface area contributed by atoms with Crippen molar-refractivity contribution >= 4 is 5.91 Å². The highest BCUT2D eigenvalue weighted by molar-refractivity contribution is 5.97. The number of hydrogen-bond acceptors (Lipinski definition) is 2. The number of benzene rings is 1. The van der Waals surface area contributed by atoms with E-state index in [9.17, 15) is 9.90 Å². The maximum Gasteiger partial charge on any atom is 0.257 e. The molecule has 0 unspecified atom stereocenters. The molecule has 0 saturated heterocycles.